The first-order chi connectivity index (χ1) is 13.2. The van der Waals surface area contributed by atoms with E-state index in [1.165, 1.54) is 0 Å². The van der Waals surface area contributed by atoms with Crippen LogP contribution >= 0.6 is 11.6 Å². The molecule has 150 valence electrons. The van der Waals surface area contributed by atoms with Gasteiger partial charge < -0.3 is 10.6 Å². The van der Waals surface area contributed by atoms with E-state index in [-0.39, 0.29) is 23.9 Å². The Morgan fingerprint density at radius 2 is 1.57 bits per heavy atom. The number of rotatable bonds is 7. The lowest BCUT2D eigenvalue weighted by Gasteiger charge is -2.16. The van der Waals surface area contributed by atoms with E-state index in [1.807, 2.05) is 58.9 Å². The van der Waals surface area contributed by atoms with Gasteiger partial charge in [-0.25, -0.2) is 0 Å². The van der Waals surface area contributed by atoms with Crippen LogP contribution in [0.2, 0.25) is 5.02 Å². The van der Waals surface area contributed by atoms with Crippen LogP contribution in [0.1, 0.15) is 64.6 Å². The first-order valence-electron chi connectivity index (χ1n) is 9.64. The third-order valence-electron chi connectivity index (χ3n) is 4.64. The Kier molecular flexibility index (Phi) is 7.64. The van der Waals surface area contributed by atoms with E-state index >= 15 is 0 Å². The highest BCUT2D eigenvalue weighted by Gasteiger charge is 2.14. The molecule has 28 heavy (non-hydrogen) atoms. The van der Waals surface area contributed by atoms with Crippen molar-refractivity contribution in [3.8, 4) is 0 Å². The van der Waals surface area contributed by atoms with Crippen LogP contribution in [-0.2, 0) is 6.42 Å². The van der Waals surface area contributed by atoms with E-state index < -0.39 is 0 Å². The van der Waals surface area contributed by atoms with Crippen molar-refractivity contribution >= 4 is 23.4 Å². The molecule has 0 aromatic heterocycles. The summed E-state index contributed by atoms with van der Waals surface area (Å²) in [5.74, 6) is -0.152. The highest BCUT2D eigenvalue weighted by atomic mass is 35.5. The molecule has 5 heteroatoms. The summed E-state index contributed by atoms with van der Waals surface area (Å²) in [5.41, 5.74) is 4.33. The van der Waals surface area contributed by atoms with Crippen LogP contribution < -0.4 is 10.6 Å². The average Bonchev–Trinajstić information content (AvgIpc) is 2.61. The van der Waals surface area contributed by atoms with Gasteiger partial charge in [-0.15, -0.1) is 0 Å². The summed E-state index contributed by atoms with van der Waals surface area (Å²) in [5, 5.41) is 6.51. The van der Waals surface area contributed by atoms with Crippen molar-refractivity contribution in [1.82, 2.24) is 10.6 Å². The number of halogens is 1. The molecule has 0 fully saturated rings. The minimum Gasteiger partial charge on any atom is -0.350 e. The zero-order valence-electron chi connectivity index (χ0n) is 17.2. The van der Waals surface area contributed by atoms with Gasteiger partial charge >= 0.3 is 0 Å². The third kappa shape index (κ3) is 6.10. The van der Waals surface area contributed by atoms with Crippen molar-refractivity contribution in [3.63, 3.8) is 0 Å². The lowest BCUT2D eigenvalue weighted by Crippen LogP contribution is -2.33. The summed E-state index contributed by atoms with van der Waals surface area (Å²) in [6, 6.07) is 11.4. The van der Waals surface area contributed by atoms with E-state index in [0.717, 1.165) is 29.5 Å². The second-order valence-electron chi connectivity index (χ2n) is 7.65. The second-order valence-corrected chi connectivity index (χ2v) is 8.09. The van der Waals surface area contributed by atoms with Gasteiger partial charge in [-0.3, -0.25) is 9.59 Å². The smallest absolute Gasteiger partial charge is 0.251 e. The maximum Gasteiger partial charge on any atom is 0.251 e. The topological polar surface area (TPSA) is 58.2 Å². The molecule has 0 aliphatic heterocycles. The average molecular weight is 401 g/mol. The standard InChI is InChI=1S/C23H29ClN2O2/c1-14(2)25-22(27)20-11-9-18(12-16(20)4)8-7-17(5)26-23(28)21-13-19(24)10-6-15(21)3/h6,9-14,17H,7-8H2,1-5H3,(H,25,27)(H,26,28). The number of hydrogen-bond donors (Lipinski definition) is 2. The maximum absolute atomic E-state index is 12.5. The fourth-order valence-corrected chi connectivity index (χ4v) is 3.24. The molecule has 2 aromatic rings. The molecule has 2 N–H and O–H groups in total. The van der Waals surface area contributed by atoms with Crippen LogP contribution in [0.3, 0.4) is 0 Å². The molecular weight excluding hydrogens is 372 g/mol. The van der Waals surface area contributed by atoms with Crippen LogP contribution in [0.5, 0.6) is 0 Å². The minimum atomic E-state index is -0.107. The lowest BCUT2D eigenvalue weighted by molar-refractivity contribution is 0.0930. The number of nitrogens with one attached hydrogen (secondary N) is 2. The molecule has 1 atom stereocenters. The van der Waals surface area contributed by atoms with Gasteiger partial charge in [-0.2, -0.15) is 0 Å². The van der Waals surface area contributed by atoms with Crippen LogP contribution in [0, 0.1) is 13.8 Å². The van der Waals surface area contributed by atoms with Gasteiger partial charge in [0.25, 0.3) is 11.8 Å². The first kappa shape index (κ1) is 22.0. The van der Waals surface area contributed by atoms with Gasteiger partial charge in [0.2, 0.25) is 0 Å². The molecule has 0 radical (unpaired) electrons. The predicted molar refractivity (Wildman–Crippen MR) is 115 cm³/mol. The van der Waals surface area contributed by atoms with E-state index in [1.54, 1.807) is 12.1 Å². The Labute approximate surface area is 172 Å². The molecule has 0 saturated heterocycles. The Hall–Kier alpha value is -2.33. The molecule has 1 unspecified atom stereocenters. The number of benzene rings is 2. The number of amides is 2. The third-order valence-corrected chi connectivity index (χ3v) is 4.88. The van der Waals surface area contributed by atoms with Crippen molar-refractivity contribution < 1.29 is 9.59 Å². The minimum absolute atomic E-state index is 0.0232. The van der Waals surface area contributed by atoms with Crippen molar-refractivity contribution in [2.75, 3.05) is 0 Å². The summed E-state index contributed by atoms with van der Waals surface area (Å²) in [6.45, 7) is 9.74. The molecule has 0 aliphatic rings. The van der Waals surface area contributed by atoms with Gasteiger partial charge in [-0.05, 0) is 82.3 Å². The molecule has 0 aliphatic carbocycles. The summed E-state index contributed by atoms with van der Waals surface area (Å²) < 4.78 is 0. The molecular formula is C23H29ClN2O2. The second kappa shape index (κ2) is 9.74. The molecule has 2 rings (SSSR count). The lowest BCUT2D eigenvalue weighted by atomic mass is 9.99. The molecule has 0 saturated carbocycles. The molecule has 0 heterocycles. The normalized spacial score (nSPS) is 12.0. The summed E-state index contributed by atoms with van der Waals surface area (Å²) >= 11 is 6.01. The fourth-order valence-electron chi connectivity index (χ4n) is 3.07. The van der Waals surface area contributed by atoms with E-state index in [9.17, 15) is 9.59 Å². The Balaban J connectivity index is 1.94. The van der Waals surface area contributed by atoms with E-state index in [4.69, 9.17) is 11.6 Å². The summed E-state index contributed by atoms with van der Waals surface area (Å²) in [4.78, 5) is 24.7. The van der Waals surface area contributed by atoms with Crippen molar-refractivity contribution in [2.45, 2.75) is 59.5 Å². The molecule has 0 spiro atoms. The number of carbonyl (C=O) groups excluding carboxylic acids is 2. The summed E-state index contributed by atoms with van der Waals surface area (Å²) in [6.07, 6.45) is 1.63. The van der Waals surface area contributed by atoms with Crippen LogP contribution in [0.15, 0.2) is 36.4 Å². The number of hydrogen-bond acceptors (Lipinski definition) is 2. The largest absolute Gasteiger partial charge is 0.350 e. The Morgan fingerprint density at radius 1 is 0.893 bits per heavy atom. The summed E-state index contributed by atoms with van der Waals surface area (Å²) in [7, 11) is 0. The predicted octanol–water partition coefficient (Wildman–Crippen LogP) is 4.85. The van der Waals surface area contributed by atoms with Gasteiger partial charge in [0.1, 0.15) is 0 Å². The maximum atomic E-state index is 12.5. The van der Waals surface area contributed by atoms with Crippen molar-refractivity contribution in [2.24, 2.45) is 0 Å². The van der Waals surface area contributed by atoms with Gasteiger partial charge in [0.05, 0.1) is 0 Å². The number of carbonyl (C=O) groups is 2. The van der Waals surface area contributed by atoms with Crippen molar-refractivity contribution in [1.29, 1.82) is 0 Å². The van der Waals surface area contributed by atoms with Gasteiger partial charge in [-0.1, -0.05) is 29.8 Å². The first-order valence-corrected chi connectivity index (χ1v) is 10.0. The highest BCUT2D eigenvalue weighted by Crippen LogP contribution is 2.17. The van der Waals surface area contributed by atoms with E-state index in [2.05, 4.69) is 10.6 Å². The molecule has 0 bridgehead atoms. The SMILES string of the molecule is Cc1cc(CCC(C)NC(=O)c2cc(Cl)ccc2C)ccc1C(=O)NC(C)C. The fraction of sp³-hybridized carbons (Fsp3) is 0.391. The van der Waals surface area contributed by atoms with Crippen LogP contribution in [-0.4, -0.2) is 23.9 Å². The van der Waals surface area contributed by atoms with Crippen molar-refractivity contribution in [3.05, 3.63) is 69.2 Å². The highest BCUT2D eigenvalue weighted by molar-refractivity contribution is 6.31. The Morgan fingerprint density at radius 3 is 2.21 bits per heavy atom. The van der Waals surface area contributed by atoms with Crippen LogP contribution in [0.25, 0.3) is 0 Å². The van der Waals surface area contributed by atoms with Gasteiger partial charge in [0.15, 0.2) is 0 Å². The van der Waals surface area contributed by atoms with E-state index in [0.29, 0.717) is 16.1 Å². The molecule has 2 amide bonds. The monoisotopic (exact) mass is 400 g/mol. The zero-order valence-corrected chi connectivity index (χ0v) is 18.0. The molecule has 2 aromatic carbocycles. The molecule has 4 nitrogen and oxygen atoms in total. The number of aryl methyl sites for hydroxylation is 3. The van der Waals surface area contributed by atoms with Crippen LogP contribution in [0.4, 0.5) is 0 Å². The Bertz CT molecular complexity index is 862. The quantitative estimate of drug-likeness (QED) is 0.698. The zero-order chi connectivity index (χ0) is 20.8. The van der Waals surface area contributed by atoms with Gasteiger partial charge in [0, 0.05) is 28.2 Å².